The molecule has 5 nitrogen and oxygen atoms in total. The fraction of sp³-hybridized carbons (Fsp3) is 0.214. The number of nitrogens with zero attached hydrogens (tertiary/aromatic N) is 4. The van der Waals surface area contributed by atoms with Crippen molar-refractivity contribution < 1.29 is 0 Å². The number of aromatic nitrogens is 4. The molecule has 0 aromatic carbocycles. The van der Waals surface area contributed by atoms with Crippen molar-refractivity contribution in [3.63, 3.8) is 0 Å². The maximum absolute atomic E-state index is 4.27. The maximum atomic E-state index is 4.27. The molecule has 6 heteroatoms. The highest BCUT2D eigenvalue weighted by Crippen LogP contribution is 2.22. The summed E-state index contributed by atoms with van der Waals surface area (Å²) in [6.07, 6.45) is 3.81. The van der Waals surface area contributed by atoms with E-state index in [2.05, 4.69) is 33.5 Å². The number of hydrogen-bond donors (Lipinski definition) is 1. The molecule has 3 aromatic rings. The first-order chi connectivity index (χ1) is 9.86. The largest absolute Gasteiger partial charge is 0.370 e. The molecule has 0 spiro atoms. The van der Waals surface area contributed by atoms with Gasteiger partial charge in [-0.05, 0) is 36.8 Å². The summed E-state index contributed by atoms with van der Waals surface area (Å²) >= 11 is 1.67. The molecule has 0 aliphatic heterocycles. The zero-order valence-corrected chi connectivity index (χ0v) is 12.0. The van der Waals surface area contributed by atoms with Gasteiger partial charge in [0.15, 0.2) is 10.8 Å². The van der Waals surface area contributed by atoms with Crippen LogP contribution in [0, 0.1) is 0 Å². The second kappa shape index (κ2) is 5.92. The van der Waals surface area contributed by atoms with Crippen molar-refractivity contribution in [3.8, 4) is 0 Å². The van der Waals surface area contributed by atoms with E-state index in [4.69, 9.17) is 0 Å². The molecule has 0 bridgehead atoms. The average Bonchev–Trinajstić information content (AvgIpc) is 2.89. The summed E-state index contributed by atoms with van der Waals surface area (Å²) in [5.74, 6) is 1.76. The molecule has 0 saturated carbocycles. The minimum absolute atomic E-state index is 0.844. The fourth-order valence-electron chi connectivity index (χ4n) is 1.91. The van der Waals surface area contributed by atoms with Crippen LogP contribution in [0.15, 0.2) is 47.9 Å². The molecule has 20 heavy (non-hydrogen) atoms. The Morgan fingerprint density at radius 3 is 3.10 bits per heavy atom. The van der Waals surface area contributed by atoms with Gasteiger partial charge in [-0.1, -0.05) is 17.8 Å². The van der Waals surface area contributed by atoms with Crippen LogP contribution in [0.25, 0.3) is 5.65 Å². The van der Waals surface area contributed by atoms with Gasteiger partial charge in [0.1, 0.15) is 5.82 Å². The van der Waals surface area contributed by atoms with Gasteiger partial charge in [-0.15, -0.1) is 10.2 Å². The van der Waals surface area contributed by atoms with Gasteiger partial charge in [0.2, 0.25) is 0 Å². The highest BCUT2D eigenvalue weighted by molar-refractivity contribution is 7.98. The Morgan fingerprint density at radius 1 is 1.25 bits per heavy atom. The van der Waals surface area contributed by atoms with Gasteiger partial charge in [0, 0.05) is 24.7 Å². The molecule has 3 heterocycles. The Labute approximate surface area is 121 Å². The second-order valence-electron chi connectivity index (χ2n) is 4.28. The molecule has 0 saturated heterocycles. The molecule has 3 aromatic heterocycles. The number of thioether (sulfide) groups is 1. The van der Waals surface area contributed by atoms with E-state index in [1.807, 2.05) is 41.1 Å². The lowest BCUT2D eigenvalue weighted by Crippen LogP contribution is -1.99. The van der Waals surface area contributed by atoms with Crippen LogP contribution in [0.4, 0.5) is 5.82 Å². The van der Waals surface area contributed by atoms with E-state index in [1.165, 1.54) is 5.56 Å². The third kappa shape index (κ3) is 2.75. The molecule has 0 aliphatic rings. The van der Waals surface area contributed by atoms with Crippen LogP contribution in [-0.4, -0.2) is 26.1 Å². The lowest BCUT2D eigenvalue weighted by molar-refractivity contribution is 0.921. The van der Waals surface area contributed by atoms with E-state index in [9.17, 15) is 0 Å². The molecule has 0 unspecified atom stereocenters. The van der Waals surface area contributed by atoms with Crippen LogP contribution < -0.4 is 5.32 Å². The third-order valence-corrected chi connectivity index (χ3v) is 3.85. The van der Waals surface area contributed by atoms with Gasteiger partial charge < -0.3 is 5.32 Å². The third-order valence-electron chi connectivity index (χ3n) is 2.83. The number of fused-ring (bicyclic) bond motifs is 1. The maximum Gasteiger partial charge on any atom is 0.195 e. The summed E-state index contributed by atoms with van der Waals surface area (Å²) in [6.45, 7) is 2.93. The Hall–Kier alpha value is -2.08. The number of anilines is 1. The zero-order valence-electron chi connectivity index (χ0n) is 11.2. The number of pyridine rings is 2. The standard InChI is InChI=1S/C14H15N5S/c1-2-15-12-9-11(6-7-16-12)10-20-14-18-17-13-5-3-4-8-19(13)14/h3-9H,2,10H2,1H3,(H,15,16). The number of rotatable bonds is 5. The van der Waals surface area contributed by atoms with E-state index in [0.29, 0.717) is 0 Å². The first-order valence-electron chi connectivity index (χ1n) is 6.48. The van der Waals surface area contributed by atoms with Crippen molar-refractivity contribution in [1.82, 2.24) is 19.6 Å². The van der Waals surface area contributed by atoms with Crippen molar-refractivity contribution >= 4 is 23.2 Å². The predicted octanol–water partition coefficient (Wildman–Crippen LogP) is 2.85. The van der Waals surface area contributed by atoms with Crippen LogP contribution in [0.5, 0.6) is 0 Å². The van der Waals surface area contributed by atoms with Gasteiger partial charge >= 0.3 is 0 Å². The van der Waals surface area contributed by atoms with Crippen LogP contribution in [0.1, 0.15) is 12.5 Å². The van der Waals surface area contributed by atoms with Crippen LogP contribution in [0.2, 0.25) is 0 Å². The van der Waals surface area contributed by atoms with Crippen molar-refractivity contribution in [2.24, 2.45) is 0 Å². The Bertz CT molecular complexity index is 709. The smallest absolute Gasteiger partial charge is 0.195 e. The quantitative estimate of drug-likeness (QED) is 0.731. The Balaban J connectivity index is 1.74. The summed E-state index contributed by atoms with van der Waals surface area (Å²) in [5.41, 5.74) is 2.09. The Kier molecular flexibility index (Phi) is 3.83. The van der Waals surface area contributed by atoms with Gasteiger partial charge in [-0.25, -0.2) is 4.98 Å². The highest BCUT2D eigenvalue weighted by Gasteiger charge is 2.05. The van der Waals surface area contributed by atoms with E-state index in [0.717, 1.165) is 28.9 Å². The van der Waals surface area contributed by atoms with Crippen LogP contribution in [-0.2, 0) is 5.75 Å². The monoisotopic (exact) mass is 285 g/mol. The molecule has 0 radical (unpaired) electrons. The molecular formula is C14H15N5S. The lowest BCUT2D eigenvalue weighted by Gasteiger charge is -2.04. The lowest BCUT2D eigenvalue weighted by atomic mass is 10.3. The topological polar surface area (TPSA) is 55.1 Å². The normalized spacial score (nSPS) is 10.8. The second-order valence-corrected chi connectivity index (χ2v) is 5.22. The summed E-state index contributed by atoms with van der Waals surface area (Å²) in [4.78, 5) is 4.27. The molecule has 0 atom stereocenters. The summed E-state index contributed by atoms with van der Waals surface area (Å²) in [7, 11) is 0. The molecule has 0 amide bonds. The van der Waals surface area contributed by atoms with E-state index in [1.54, 1.807) is 11.8 Å². The average molecular weight is 285 g/mol. The zero-order chi connectivity index (χ0) is 13.8. The first kappa shape index (κ1) is 12.9. The van der Waals surface area contributed by atoms with Gasteiger partial charge in [0.05, 0.1) is 0 Å². The van der Waals surface area contributed by atoms with Crippen molar-refractivity contribution in [2.75, 3.05) is 11.9 Å². The summed E-state index contributed by atoms with van der Waals surface area (Å²) in [6, 6.07) is 9.99. The highest BCUT2D eigenvalue weighted by atomic mass is 32.2. The minimum Gasteiger partial charge on any atom is -0.370 e. The van der Waals surface area contributed by atoms with Crippen molar-refractivity contribution in [2.45, 2.75) is 17.8 Å². The van der Waals surface area contributed by atoms with Crippen molar-refractivity contribution in [1.29, 1.82) is 0 Å². The van der Waals surface area contributed by atoms with Gasteiger partial charge in [0.25, 0.3) is 0 Å². The van der Waals surface area contributed by atoms with Gasteiger partial charge in [-0.3, -0.25) is 4.40 Å². The fourth-order valence-corrected chi connectivity index (χ4v) is 2.78. The summed E-state index contributed by atoms with van der Waals surface area (Å²) < 4.78 is 2.00. The number of hydrogen-bond acceptors (Lipinski definition) is 5. The molecule has 0 fully saturated rings. The minimum atomic E-state index is 0.844. The summed E-state index contributed by atoms with van der Waals surface area (Å²) in [5, 5.41) is 12.5. The molecule has 0 aliphatic carbocycles. The van der Waals surface area contributed by atoms with E-state index >= 15 is 0 Å². The number of nitrogens with one attached hydrogen (secondary N) is 1. The Morgan fingerprint density at radius 2 is 2.20 bits per heavy atom. The SMILES string of the molecule is CCNc1cc(CSc2nnc3ccccn23)ccn1. The molecular weight excluding hydrogens is 270 g/mol. The van der Waals surface area contributed by atoms with Crippen LogP contribution in [0.3, 0.4) is 0 Å². The molecule has 1 N–H and O–H groups in total. The molecule has 3 rings (SSSR count). The predicted molar refractivity (Wildman–Crippen MR) is 80.9 cm³/mol. The van der Waals surface area contributed by atoms with Gasteiger partial charge in [-0.2, -0.15) is 0 Å². The molecule has 102 valence electrons. The first-order valence-corrected chi connectivity index (χ1v) is 7.47. The van der Waals surface area contributed by atoms with E-state index in [-0.39, 0.29) is 0 Å². The van der Waals surface area contributed by atoms with E-state index < -0.39 is 0 Å². The van der Waals surface area contributed by atoms with Crippen molar-refractivity contribution in [3.05, 3.63) is 48.3 Å². The van der Waals surface area contributed by atoms with Crippen LogP contribution >= 0.6 is 11.8 Å².